The fourth-order valence-corrected chi connectivity index (χ4v) is 5.35. The number of aliphatic imine (C=N–C) groups is 1. The molecule has 2 fully saturated rings. The van der Waals surface area contributed by atoms with Gasteiger partial charge in [0.05, 0.1) is 0 Å². The number of anilines is 1. The van der Waals surface area contributed by atoms with Crippen LogP contribution in [0.4, 0.5) is 14.9 Å². The van der Waals surface area contributed by atoms with Crippen LogP contribution >= 0.6 is 0 Å². The molecule has 2 saturated heterocycles. The highest BCUT2D eigenvalue weighted by atomic mass is 19.1. The fourth-order valence-electron chi connectivity index (χ4n) is 5.35. The van der Waals surface area contributed by atoms with Gasteiger partial charge in [0.2, 0.25) is 0 Å². The van der Waals surface area contributed by atoms with Gasteiger partial charge in [0.15, 0.2) is 0 Å². The molecule has 1 spiro atoms. The van der Waals surface area contributed by atoms with Gasteiger partial charge in [0.25, 0.3) is 0 Å². The summed E-state index contributed by atoms with van der Waals surface area (Å²) < 4.78 is 14.0. The Morgan fingerprint density at radius 2 is 1.76 bits per heavy atom. The molecular formula is C28H29FN4O. The van der Waals surface area contributed by atoms with Crippen molar-refractivity contribution >= 4 is 17.6 Å². The smallest absolute Gasteiger partial charge is 0.299 e. The van der Waals surface area contributed by atoms with E-state index in [9.17, 15) is 9.18 Å². The number of likely N-dealkylation sites (tertiary alicyclic amines) is 1. The summed E-state index contributed by atoms with van der Waals surface area (Å²) in [6, 6.07) is 23.2. The third-order valence-electron chi connectivity index (χ3n) is 7.06. The zero-order chi connectivity index (χ0) is 23.7. The van der Waals surface area contributed by atoms with Gasteiger partial charge in [-0.15, -0.1) is 0 Å². The lowest BCUT2D eigenvalue weighted by molar-refractivity contribution is 0.184. The normalized spacial score (nSPS) is 19.1. The number of nitrogens with one attached hydrogen (secondary N) is 1. The Labute approximate surface area is 199 Å². The Morgan fingerprint density at radius 1 is 1.00 bits per heavy atom. The molecule has 3 aromatic carbocycles. The van der Waals surface area contributed by atoms with Gasteiger partial charge in [0.1, 0.15) is 17.2 Å². The number of carbonyl (C=O) groups excluding carboxylic acids is 1. The number of aryl methyl sites for hydroxylation is 1. The first kappa shape index (κ1) is 22.3. The Hall–Kier alpha value is -3.51. The minimum absolute atomic E-state index is 0.245. The first-order valence-corrected chi connectivity index (χ1v) is 11.7. The van der Waals surface area contributed by atoms with E-state index in [-0.39, 0.29) is 11.8 Å². The second kappa shape index (κ2) is 9.03. The Bertz CT molecular complexity index is 1250. The predicted octanol–water partition coefficient (Wildman–Crippen LogP) is 5.39. The summed E-state index contributed by atoms with van der Waals surface area (Å²) in [7, 11) is 1.70. The maximum Gasteiger partial charge on any atom is 0.328 e. The molecule has 174 valence electrons. The lowest BCUT2D eigenvalue weighted by Crippen LogP contribution is -2.56. The number of rotatable bonds is 4. The monoisotopic (exact) mass is 456 g/mol. The van der Waals surface area contributed by atoms with Crippen molar-refractivity contribution in [3.8, 4) is 11.1 Å². The average Bonchev–Trinajstić information content (AvgIpc) is 3.11. The van der Waals surface area contributed by atoms with E-state index in [1.165, 1.54) is 34.4 Å². The van der Waals surface area contributed by atoms with Gasteiger partial charge < -0.3 is 0 Å². The molecule has 2 heterocycles. The van der Waals surface area contributed by atoms with E-state index in [1.54, 1.807) is 24.1 Å². The van der Waals surface area contributed by atoms with E-state index in [2.05, 4.69) is 70.7 Å². The van der Waals surface area contributed by atoms with Crippen molar-refractivity contribution in [2.45, 2.75) is 31.8 Å². The van der Waals surface area contributed by atoms with Gasteiger partial charge in [-0.25, -0.2) is 9.18 Å². The molecule has 3 aromatic rings. The molecule has 0 aliphatic carbocycles. The van der Waals surface area contributed by atoms with Crippen molar-refractivity contribution in [3.05, 3.63) is 89.7 Å². The van der Waals surface area contributed by atoms with Crippen molar-refractivity contribution in [1.29, 1.82) is 0 Å². The van der Waals surface area contributed by atoms with Crippen molar-refractivity contribution in [3.63, 3.8) is 0 Å². The Kier molecular flexibility index (Phi) is 5.92. The third kappa shape index (κ3) is 3.99. The number of carbonyl (C=O) groups is 1. The topological polar surface area (TPSA) is 47.9 Å². The average molecular weight is 457 g/mol. The molecule has 2 amide bonds. The molecule has 0 saturated carbocycles. The standard InChI is InChI=1S/C28H29FN4O/c1-20-7-3-4-12-25(20)22-9-5-8-21(17-22)19-32-15-13-28(14-16-32)26(30-2)31-27(34)33(28)24-11-6-10-23(29)18-24/h3-12,17-18H,13-16,19H2,1-2H3,(H,30,31,34). The first-order valence-electron chi connectivity index (χ1n) is 11.7. The molecule has 0 atom stereocenters. The molecular weight excluding hydrogens is 427 g/mol. The van der Waals surface area contributed by atoms with Gasteiger partial charge in [-0.1, -0.05) is 48.5 Å². The van der Waals surface area contributed by atoms with E-state index in [4.69, 9.17) is 0 Å². The molecule has 0 bridgehead atoms. The summed E-state index contributed by atoms with van der Waals surface area (Å²) in [5.74, 6) is 0.316. The number of urea groups is 1. The van der Waals surface area contributed by atoms with Crippen LogP contribution in [0.1, 0.15) is 24.0 Å². The highest BCUT2D eigenvalue weighted by Gasteiger charge is 2.52. The van der Waals surface area contributed by atoms with Gasteiger partial charge in [-0.05, 0) is 66.3 Å². The summed E-state index contributed by atoms with van der Waals surface area (Å²) >= 11 is 0. The van der Waals surface area contributed by atoms with Crippen LogP contribution in [0, 0.1) is 12.7 Å². The van der Waals surface area contributed by atoms with Gasteiger partial charge in [-0.2, -0.15) is 0 Å². The third-order valence-corrected chi connectivity index (χ3v) is 7.06. The number of nitrogens with zero attached hydrogens (tertiary/aromatic N) is 3. The van der Waals surface area contributed by atoms with Crippen LogP contribution in [0.25, 0.3) is 11.1 Å². The molecule has 34 heavy (non-hydrogen) atoms. The number of hydrogen-bond donors (Lipinski definition) is 1. The second-order valence-electron chi connectivity index (χ2n) is 9.14. The highest BCUT2D eigenvalue weighted by Crippen LogP contribution is 2.38. The van der Waals surface area contributed by atoms with E-state index >= 15 is 0 Å². The predicted molar refractivity (Wildman–Crippen MR) is 135 cm³/mol. The van der Waals surface area contributed by atoms with Crippen molar-refractivity contribution in [2.24, 2.45) is 4.99 Å². The fraction of sp³-hybridized carbons (Fsp3) is 0.286. The number of benzene rings is 3. The number of amides is 2. The summed E-state index contributed by atoms with van der Waals surface area (Å²) in [4.78, 5) is 21.4. The van der Waals surface area contributed by atoms with Crippen LogP contribution in [-0.4, -0.2) is 42.4 Å². The number of hydrogen-bond acceptors (Lipinski definition) is 3. The molecule has 2 aliphatic heterocycles. The molecule has 5 rings (SSSR count). The van der Waals surface area contributed by atoms with E-state index < -0.39 is 5.54 Å². The number of amidine groups is 1. The minimum Gasteiger partial charge on any atom is -0.299 e. The summed E-state index contributed by atoms with van der Waals surface area (Å²) in [6.45, 7) is 4.61. The molecule has 0 aromatic heterocycles. The van der Waals surface area contributed by atoms with Gasteiger partial charge >= 0.3 is 6.03 Å². The lowest BCUT2D eigenvalue weighted by atomic mass is 9.85. The lowest BCUT2D eigenvalue weighted by Gasteiger charge is -2.43. The SMILES string of the molecule is CN=C1NC(=O)N(c2cccc(F)c2)C12CCN(Cc1cccc(-c3ccccc3C)c1)CC2. The van der Waals surface area contributed by atoms with Crippen LogP contribution < -0.4 is 10.2 Å². The van der Waals surface area contributed by atoms with Crippen molar-refractivity contribution in [1.82, 2.24) is 10.2 Å². The Morgan fingerprint density at radius 3 is 2.50 bits per heavy atom. The van der Waals surface area contributed by atoms with Crippen LogP contribution in [0.15, 0.2) is 77.8 Å². The van der Waals surface area contributed by atoms with Crippen molar-refractivity contribution < 1.29 is 9.18 Å². The molecule has 2 aliphatic rings. The maximum absolute atomic E-state index is 14.0. The first-order chi connectivity index (χ1) is 16.5. The zero-order valence-electron chi connectivity index (χ0n) is 19.6. The van der Waals surface area contributed by atoms with Crippen LogP contribution in [0.3, 0.4) is 0 Å². The van der Waals surface area contributed by atoms with Gasteiger partial charge in [-0.3, -0.25) is 20.1 Å². The van der Waals surface area contributed by atoms with E-state index in [1.807, 2.05) is 0 Å². The van der Waals surface area contributed by atoms with Crippen LogP contribution in [0.2, 0.25) is 0 Å². The number of halogens is 1. The molecule has 0 radical (unpaired) electrons. The summed E-state index contributed by atoms with van der Waals surface area (Å²) in [5.41, 5.74) is 5.01. The molecule has 5 nitrogen and oxygen atoms in total. The zero-order valence-corrected chi connectivity index (χ0v) is 19.6. The largest absolute Gasteiger partial charge is 0.328 e. The maximum atomic E-state index is 14.0. The summed E-state index contributed by atoms with van der Waals surface area (Å²) in [5, 5.41) is 2.92. The van der Waals surface area contributed by atoms with E-state index in [0.29, 0.717) is 11.5 Å². The highest BCUT2D eigenvalue weighted by molar-refractivity contribution is 6.19. The molecule has 1 N–H and O–H groups in total. The number of piperidine rings is 1. The quantitative estimate of drug-likeness (QED) is 0.572. The molecule has 0 unspecified atom stereocenters. The van der Waals surface area contributed by atoms with Crippen LogP contribution in [0.5, 0.6) is 0 Å². The molecule has 6 heteroatoms. The van der Waals surface area contributed by atoms with Crippen molar-refractivity contribution in [2.75, 3.05) is 25.0 Å². The van der Waals surface area contributed by atoms with Gasteiger partial charge in [0, 0.05) is 32.4 Å². The Balaban J connectivity index is 1.35. The van der Waals surface area contributed by atoms with E-state index in [0.717, 1.165) is 32.5 Å². The van der Waals surface area contributed by atoms with Crippen LogP contribution in [-0.2, 0) is 6.54 Å². The second-order valence-corrected chi connectivity index (χ2v) is 9.14. The summed E-state index contributed by atoms with van der Waals surface area (Å²) in [6.07, 6.45) is 1.46. The minimum atomic E-state index is -0.570.